The van der Waals surface area contributed by atoms with Crippen LogP contribution >= 0.6 is 0 Å². The van der Waals surface area contributed by atoms with E-state index in [0.29, 0.717) is 0 Å². The molecular formula is C11H20F2O2Si3. The van der Waals surface area contributed by atoms with Gasteiger partial charge in [-0.1, -0.05) is 30.3 Å². The maximum atomic E-state index is 14.1. The van der Waals surface area contributed by atoms with Crippen LogP contribution in [0.5, 0.6) is 0 Å². The second kappa shape index (κ2) is 5.33. The second-order valence-corrected chi connectivity index (χ2v) is 15.9. The molecule has 18 heavy (non-hydrogen) atoms. The molecule has 0 aromatic heterocycles. The van der Waals surface area contributed by atoms with Crippen molar-refractivity contribution in [2.75, 3.05) is 0 Å². The molecule has 0 saturated carbocycles. The van der Waals surface area contributed by atoms with E-state index in [-0.39, 0.29) is 5.19 Å². The lowest BCUT2D eigenvalue weighted by Crippen LogP contribution is -2.55. The molecule has 0 radical (unpaired) electrons. The fourth-order valence-corrected chi connectivity index (χ4v) is 11.7. The SMILES string of the molecule is C[Si](C)(C)O[Si](C)(C)O[Si](F)(F)c1ccccc1. The summed E-state index contributed by atoms with van der Waals surface area (Å²) in [6.07, 6.45) is 0. The zero-order chi connectivity index (χ0) is 14.0. The van der Waals surface area contributed by atoms with Gasteiger partial charge in [0.2, 0.25) is 0 Å². The standard InChI is InChI=1S/C11H20F2O2Si3/c1-16(2,3)14-17(4,5)15-18(12,13)11-9-7-6-8-10-11/h6-10H,1-5H3. The van der Waals surface area contributed by atoms with Gasteiger partial charge in [0, 0.05) is 5.19 Å². The van der Waals surface area contributed by atoms with Crippen molar-refractivity contribution >= 4 is 31.1 Å². The van der Waals surface area contributed by atoms with Crippen molar-refractivity contribution in [1.82, 2.24) is 0 Å². The van der Waals surface area contributed by atoms with Gasteiger partial charge in [-0.3, -0.25) is 0 Å². The molecule has 0 aliphatic rings. The maximum Gasteiger partial charge on any atom is 0.605 e. The Hall–Kier alpha value is -0.349. The van der Waals surface area contributed by atoms with Gasteiger partial charge in [0.25, 0.3) is 0 Å². The van der Waals surface area contributed by atoms with Crippen LogP contribution in [0.25, 0.3) is 0 Å². The summed E-state index contributed by atoms with van der Waals surface area (Å²) in [4.78, 5) is 0. The summed E-state index contributed by atoms with van der Waals surface area (Å²) in [7, 11) is -9.51. The van der Waals surface area contributed by atoms with Crippen LogP contribution in [-0.4, -0.2) is 25.9 Å². The topological polar surface area (TPSA) is 18.5 Å². The van der Waals surface area contributed by atoms with Crippen LogP contribution in [0.1, 0.15) is 0 Å². The molecule has 7 heteroatoms. The summed E-state index contributed by atoms with van der Waals surface area (Å²) < 4.78 is 39.2. The Morgan fingerprint density at radius 2 is 1.33 bits per heavy atom. The molecule has 0 aliphatic carbocycles. The molecule has 1 rings (SSSR count). The highest BCUT2D eigenvalue weighted by Crippen LogP contribution is 2.21. The quantitative estimate of drug-likeness (QED) is 0.613. The van der Waals surface area contributed by atoms with Crippen LogP contribution in [0.2, 0.25) is 32.7 Å². The van der Waals surface area contributed by atoms with Crippen molar-refractivity contribution in [3.05, 3.63) is 30.3 Å². The van der Waals surface area contributed by atoms with Gasteiger partial charge in [0.1, 0.15) is 0 Å². The largest absolute Gasteiger partial charge is 0.605 e. The Kier molecular flexibility index (Phi) is 4.65. The Bertz CT molecular complexity index is 391. The molecule has 1 aromatic rings. The minimum atomic E-state index is -4.86. The van der Waals surface area contributed by atoms with Gasteiger partial charge in [0.05, 0.1) is 0 Å². The molecule has 0 bridgehead atoms. The molecule has 0 N–H and O–H groups in total. The van der Waals surface area contributed by atoms with E-state index < -0.39 is 25.9 Å². The van der Waals surface area contributed by atoms with Crippen LogP contribution in [0, 0.1) is 0 Å². The van der Waals surface area contributed by atoms with E-state index in [9.17, 15) is 8.22 Å². The summed E-state index contributed by atoms with van der Waals surface area (Å²) in [6, 6.07) is 7.77. The van der Waals surface area contributed by atoms with E-state index in [2.05, 4.69) is 0 Å². The van der Waals surface area contributed by atoms with Gasteiger partial charge in [-0.2, -0.15) is 0 Å². The third-order valence-electron chi connectivity index (χ3n) is 2.04. The van der Waals surface area contributed by atoms with E-state index in [1.165, 1.54) is 12.1 Å². The average molecular weight is 307 g/mol. The van der Waals surface area contributed by atoms with E-state index >= 15 is 0 Å². The predicted molar refractivity (Wildman–Crippen MR) is 77.0 cm³/mol. The summed E-state index contributed by atoms with van der Waals surface area (Å²) in [5, 5.41) is 0.00440. The van der Waals surface area contributed by atoms with E-state index in [1.807, 2.05) is 19.6 Å². The molecule has 0 heterocycles. The third kappa shape index (κ3) is 5.11. The minimum Gasteiger partial charge on any atom is -0.437 e. The average Bonchev–Trinajstić information content (AvgIpc) is 2.13. The number of hydrogen-bond acceptors (Lipinski definition) is 2. The fraction of sp³-hybridized carbons (Fsp3) is 0.455. The molecule has 102 valence electrons. The van der Waals surface area contributed by atoms with Crippen molar-refractivity contribution in [3.8, 4) is 0 Å². The van der Waals surface area contributed by atoms with E-state index in [0.717, 1.165) is 0 Å². The Balaban J connectivity index is 2.83. The number of benzene rings is 1. The Labute approximate surface area is 111 Å². The lowest BCUT2D eigenvalue weighted by atomic mass is 10.4. The van der Waals surface area contributed by atoms with Crippen molar-refractivity contribution in [3.63, 3.8) is 0 Å². The van der Waals surface area contributed by atoms with Crippen LogP contribution < -0.4 is 5.19 Å². The number of hydrogen-bond donors (Lipinski definition) is 0. The van der Waals surface area contributed by atoms with Crippen LogP contribution in [0.4, 0.5) is 8.22 Å². The Morgan fingerprint density at radius 1 is 0.833 bits per heavy atom. The molecule has 0 aliphatic heterocycles. The first-order valence-electron chi connectivity index (χ1n) is 5.86. The fourth-order valence-electron chi connectivity index (χ4n) is 1.76. The van der Waals surface area contributed by atoms with Crippen LogP contribution in [0.3, 0.4) is 0 Å². The molecule has 0 fully saturated rings. The number of halogens is 2. The third-order valence-corrected chi connectivity index (χ3v) is 10.4. The van der Waals surface area contributed by atoms with Gasteiger partial charge in [-0.05, 0) is 32.7 Å². The lowest BCUT2D eigenvalue weighted by Gasteiger charge is -2.33. The van der Waals surface area contributed by atoms with Gasteiger partial charge in [0.15, 0.2) is 8.32 Å². The summed E-state index contributed by atoms with van der Waals surface area (Å²) >= 11 is 0. The van der Waals surface area contributed by atoms with Crippen molar-refractivity contribution in [2.24, 2.45) is 0 Å². The first kappa shape index (κ1) is 15.7. The highest BCUT2D eigenvalue weighted by molar-refractivity contribution is 6.88. The number of rotatable bonds is 5. The zero-order valence-electron chi connectivity index (χ0n) is 11.5. The second-order valence-electron chi connectivity index (χ2n) is 5.60. The van der Waals surface area contributed by atoms with Gasteiger partial charge < -0.3 is 8.23 Å². The summed E-state index contributed by atoms with van der Waals surface area (Å²) in [5.41, 5.74) is 0. The lowest BCUT2D eigenvalue weighted by molar-refractivity contribution is 0.325. The zero-order valence-corrected chi connectivity index (χ0v) is 14.5. The normalized spacial score (nSPS) is 13.7. The first-order valence-corrected chi connectivity index (χ1v) is 13.7. The molecule has 2 nitrogen and oxygen atoms in total. The minimum absolute atomic E-state index is 0.00440. The molecule has 0 saturated heterocycles. The van der Waals surface area contributed by atoms with Gasteiger partial charge in [-0.15, -0.1) is 0 Å². The summed E-state index contributed by atoms with van der Waals surface area (Å²) in [5.74, 6) is 0. The van der Waals surface area contributed by atoms with Crippen molar-refractivity contribution < 1.29 is 16.4 Å². The highest BCUT2D eigenvalue weighted by atomic mass is 28.5. The molecule has 0 amide bonds. The van der Waals surface area contributed by atoms with Crippen molar-refractivity contribution in [2.45, 2.75) is 32.7 Å². The molecular weight excluding hydrogens is 286 g/mol. The van der Waals surface area contributed by atoms with E-state index in [1.54, 1.807) is 31.3 Å². The van der Waals surface area contributed by atoms with E-state index in [4.69, 9.17) is 8.23 Å². The first-order chi connectivity index (χ1) is 8.02. The predicted octanol–water partition coefficient (Wildman–Crippen LogP) is 3.34. The molecule has 0 atom stereocenters. The van der Waals surface area contributed by atoms with Crippen molar-refractivity contribution in [1.29, 1.82) is 0 Å². The highest BCUT2D eigenvalue weighted by Gasteiger charge is 2.48. The monoisotopic (exact) mass is 306 g/mol. The molecule has 1 aromatic carbocycles. The van der Waals surface area contributed by atoms with Gasteiger partial charge >= 0.3 is 17.5 Å². The van der Waals surface area contributed by atoms with Crippen LogP contribution in [-0.2, 0) is 8.23 Å². The smallest absolute Gasteiger partial charge is 0.437 e. The molecule has 0 unspecified atom stereocenters. The van der Waals surface area contributed by atoms with Gasteiger partial charge in [-0.25, -0.2) is 8.22 Å². The molecule has 0 spiro atoms. The Morgan fingerprint density at radius 3 is 1.78 bits per heavy atom. The maximum absolute atomic E-state index is 14.1. The van der Waals surface area contributed by atoms with Crippen LogP contribution in [0.15, 0.2) is 30.3 Å². The summed E-state index contributed by atoms with van der Waals surface area (Å²) in [6.45, 7) is 9.32.